The van der Waals surface area contributed by atoms with Crippen molar-refractivity contribution in [1.29, 1.82) is 0 Å². The lowest BCUT2D eigenvalue weighted by Crippen LogP contribution is -2.22. The van der Waals surface area contributed by atoms with Gasteiger partial charge >= 0.3 is 18.5 Å². The normalized spacial score (nSPS) is 12.0. The molecule has 0 aliphatic carbocycles. The zero-order valence-corrected chi connectivity index (χ0v) is 11.1. The van der Waals surface area contributed by atoms with Crippen LogP contribution in [0.1, 0.15) is 23.0 Å². The van der Waals surface area contributed by atoms with Crippen LogP contribution in [0, 0.1) is 0 Å². The number of pyridine rings is 1. The van der Waals surface area contributed by atoms with Crippen molar-refractivity contribution in [1.82, 2.24) is 4.98 Å². The maximum Gasteiger partial charge on any atom is 0.573 e. The third-order valence-corrected chi connectivity index (χ3v) is 2.14. The Morgan fingerprint density at radius 1 is 1.23 bits per heavy atom. The Labute approximate surface area is 119 Å². The molecular weight excluding hydrogens is 324 g/mol. The van der Waals surface area contributed by atoms with Crippen LogP contribution in [0.4, 0.5) is 26.3 Å². The van der Waals surface area contributed by atoms with Crippen LogP contribution < -0.4 is 9.47 Å². The van der Waals surface area contributed by atoms with Crippen molar-refractivity contribution in [2.24, 2.45) is 0 Å². The summed E-state index contributed by atoms with van der Waals surface area (Å²) in [4.78, 5) is 14.6. The maximum absolute atomic E-state index is 12.9. The van der Waals surface area contributed by atoms with Crippen LogP contribution in [-0.4, -0.2) is 31.0 Å². The monoisotopic (exact) mass is 333 g/mol. The molecule has 1 rings (SSSR count). The molecule has 0 aliphatic rings. The fourth-order valence-corrected chi connectivity index (χ4v) is 1.42. The van der Waals surface area contributed by atoms with Crippen LogP contribution in [0.25, 0.3) is 0 Å². The van der Waals surface area contributed by atoms with E-state index in [9.17, 15) is 31.1 Å². The number of rotatable bonds is 4. The molecule has 1 heterocycles. The van der Waals surface area contributed by atoms with Crippen LogP contribution >= 0.6 is 0 Å². The molecular formula is C11H9F6NO4. The second-order valence-corrected chi connectivity index (χ2v) is 3.66. The molecule has 22 heavy (non-hydrogen) atoms. The summed E-state index contributed by atoms with van der Waals surface area (Å²) in [5.41, 5.74) is -2.70. The lowest BCUT2D eigenvalue weighted by molar-refractivity contribution is -0.276. The molecule has 0 N–H and O–H groups in total. The van der Waals surface area contributed by atoms with Gasteiger partial charge in [0.2, 0.25) is 5.88 Å². The molecule has 0 saturated carbocycles. The summed E-state index contributed by atoms with van der Waals surface area (Å²) in [7, 11) is 0.754. The molecule has 0 bridgehead atoms. The lowest BCUT2D eigenvalue weighted by atomic mass is 10.2. The smallest absolute Gasteiger partial charge is 0.480 e. The van der Waals surface area contributed by atoms with Crippen molar-refractivity contribution < 1.29 is 45.3 Å². The number of aromatic nitrogens is 1. The molecule has 1 aromatic heterocycles. The summed E-state index contributed by atoms with van der Waals surface area (Å²) in [6, 6.07) is 0.191. The van der Waals surface area contributed by atoms with E-state index in [2.05, 4.69) is 19.2 Å². The average molecular weight is 333 g/mol. The molecule has 0 aromatic carbocycles. The highest BCUT2D eigenvalue weighted by molar-refractivity contribution is 5.88. The van der Waals surface area contributed by atoms with Crippen molar-refractivity contribution in [3.05, 3.63) is 17.3 Å². The molecule has 5 nitrogen and oxygen atoms in total. The Bertz CT molecular complexity index is 555. The van der Waals surface area contributed by atoms with E-state index < -0.39 is 41.4 Å². The molecule has 0 unspecified atom stereocenters. The Balaban J connectivity index is 3.52. The van der Waals surface area contributed by atoms with Gasteiger partial charge in [-0.05, 0) is 6.92 Å². The summed E-state index contributed by atoms with van der Waals surface area (Å²) in [6.07, 6.45) is -10.6. The number of esters is 1. The molecule has 124 valence electrons. The number of methoxy groups -OCH3 is 1. The first kappa shape index (κ1) is 17.9. The standard InChI is InChI=1S/C11H9F6NO4/c1-3-21-9(19)5-4-6(22-11(15,16)17)7(10(12,13)14)8(18-5)20-2/h4H,3H2,1-2H3. The Morgan fingerprint density at radius 3 is 2.23 bits per heavy atom. The van der Waals surface area contributed by atoms with Crippen LogP contribution in [-0.2, 0) is 10.9 Å². The van der Waals surface area contributed by atoms with Crippen LogP contribution in [0.3, 0.4) is 0 Å². The van der Waals surface area contributed by atoms with Crippen molar-refractivity contribution in [3.63, 3.8) is 0 Å². The van der Waals surface area contributed by atoms with Crippen molar-refractivity contribution in [2.75, 3.05) is 13.7 Å². The first-order valence-electron chi connectivity index (χ1n) is 5.58. The van der Waals surface area contributed by atoms with Crippen LogP contribution in [0.15, 0.2) is 6.07 Å². The van der Waals surface area contributed by atoms with E-state index in [-0.39, 0.29) is 12.7 Å². The molecule has 0 aliphatic heterocycles. The number of halogens is 6. The molecule has 0 fully saturated rings. The van der Waals surface area contributed by atoms with Gasteiger partial charge in [-0.1, -0.05) is 0 Å². The minimum Gasteiger partial charge on any atom is -0.480 e. The van der Waals surface area contributed by atoms with Gasteiger partial charge in [0.25, 0.3) is 0 Å². The first-order valence-corrected chi connectivity index (χ1v) is 5.58. The number of hydrogen-bond donors (Lipinski definition) is 0. The molecule has 1 aromatic rings. The highest BCUT2D eigenvalue weighted by Crippen LogP contribution is 2.43. The topological polar surface area (TPSA) is 57.7 Å². The number of alkyl halides is 6. The number of hydrogen-bond acceptors (Lipinski definition) is 5. The van der Waals surface area contributed by atoms with Gasteiger partial charge in [-0.25, -0.2) is 9.78 Å². The van der Waals surface area contributed by atoms with Gasteiger partial charge in [0.05, 0.1) is 13.7 Å². The van der Waals surface area contributed by atoms with E-state index in [1.165, 1.54) is 6.92 Å². The fourth-order valence-electron chi connectivity index (χ4n) is 1.42. The first-order chi connectivity index (χ1) is 9.99. The minimum absolute atomic E-state index is 0.153. The van der Waals surface area contributed by atoms with E-state index >= 15 is 0 Å². The summed E-state index contributed by atoms with van der Waals surface area (Å²) >= 11 is 0. The lowest BCUT2D eigenvalue weighted by Gasteiger charge is -2.18. The van der Waals surface area contributed by atoms with Gasteiger partial charge in [0.1, 0.15) is 5.75 Å². The molecule has 0 radical (unpaired) electrons. The van der Waals surface area contributed by atoms with Crippen molar-refractivity contribution >= 4 is 5.97 Å². The molecule has 0 atom stereocenters. The fraction of sp³-hybridized carbons (Fsp3) is 0.455. The molecule has 11 heteroatoms. The quantitative estimate of drug-likeness (QED) is 0.626. The number of carbonyl (C=O) groups is 1. The third kappa shape index (κ3) is 4.40. The average Bonchev–Trinajstić information content (AvgIpc) is 2.34. The molecule has 0 amide bonds. The maximum atomic E-state index is 12.9. The Hall–Kier alpha value is -2.20. The Morgan fingerprint density at radius 2 is 1.82 bits per heavy atom. The van der Waals surface area contributed by atoms with Crippen LogP contribution in [0.2, 0.25) is 0 Å². The Kier molecular flexibility index (Phi) is 5.09. The summed E-state index contributed by atoms with van der Waals surface area (Å²) in [6.45, 7) is 1.24. The number of nitrogens with zero attached hydrogens (tertiary/aromatic N) is 1. The van der Waals surface area contributed by atoms with Crippen LogP contribution in [0.5, 0.6) is 11.6 Å². The summed E-state index contributed by atoms with van der Waals surface area (Å²) in [5.74, 6) is -4.12. The van der Waals surface area contributed by atoms with Gasteiger partial charge < -0.3 is 14.2 Å². The second-order valence-electron chi connectivity index (χ2n) is 3.66. The van der Waals surface area contributed by atoms with Gasteiger partial charge in [-0.15, -0.1) is 13.2 Å². The van der Waals surface area contributed by atoms with Gasteiger partial charge in [0.15, 0.2) is 11.3 Å². The van der Waals surface area contributed by atoms with Gasteiger partial charge in [-0.2, -0.15) is 13.2 Å². The minimum atomic E-state index is -5.40. The highest BCUT2D eigenvalue weighted by atomic mass is 19.4. The summed E-state index contributed by atoms with van der Waals surface area (Å²) < 4.78 is 87.5. The van der Waals surface area contributed by atoms with E-state index in [4.69, 9.17) is 0 Å². The zero-order chi connectivity index (χ0) is 17.1. The van der Waals surface area contributed by atoms with E-state index in [1.54, 1.807) is 0 Å². The predicted octanol–water partition coefficient (Wildman–Crippen LogP) is 3.18. The van der Waals surface area contributed by atoms with E-state index in [0.29, 0.717) is 0 Å². The largest absolute Gasteiger partial charge is 0.573 e. The van der Waals surface area contributed by atoms with E-state index in [1.807, 2.05) is 0 Å². The second kappa shape index (κ2) is 6.28. The van der Waals surface area contributed by atoms with Crippen molar-refractivity contribution in [2.45, 2.75) is 19.5 Å². The van der Waals surface area contributed by atoms with Crippen molar-refractivity contribution in [3.8, 4) is 11.6 Å². The number of carbonyl (C=O) groups excluding carboxylic acids is 1. The highest BCUT2D eigenvalue weighted by Gasteiger charge is 2.43. The molecule has 0 spiro atoms. The third-order valence-electron chi connectivity index (χ3n) is 2.14. The predicted molar refractivity (Wildman–Crippen MR) is 58.4 cm³/mol. The van der Waals surface area contributed by atoms with E-state index in [0.717, 1.165) is 7.11 Å². The summed E-state index contributed by atoms with van der Waals surface area (Å²) in [5, 5.41) is 0. The SMILES string of the molecule is CCOC(=O)c1cc(OC(F)(F)F)c(C(F)(F)F)c(OC)n1. The number of ether oxygens (including phenoxy) is 3. The zero-order valence-electron chi connectivity index (χ0n) is 11.1. The van der Waals surface area contributed by atoms with Gasteiger partial charge in [-0.3, -0.25) is 0 Å². The van der Waals surface area contributed by atoms with Gasteiger partial charge in [0, 0.05) is 6.07 Å². The molecule has 0 saturated heterocycles.